The molecule has 5 nitrogen and oxygen atoms in total. The van der Waals surface area contributed by atoms with Crippen molar-refractivity contribution in [3.63, 3.8) is 0 Å². The molecule has 0 atom stereocenters. The highest BCUT2D eigenvalue weighted by Gasteiger charge is 2.36. The maximum absolute atomic E-state index is 13.1. The summed E-state index contributed by atoms with van der Waals surface area (Å²) in [7, 11) is 0. The molecular formula is C15H13ClF3N5. The van der Waals surface area contributed by atoms with Gasteiger partial charge in [0.1, 0.15) is 16.8 Å². The predicted molar refractivity (Wildman–Crippen MR) is 81.3 cm³/mol. The van der Waals surface area contributed by atoms with Gasteiger partial charge >= 0.3 is 6.18 Å². The number of hydrogen-bond donors (Lipinski definition) is 1. The van der Waals surface area contributed by atoms with Crippen molar-refractivity contribution in [1.82, 2.24) is 20.1 Å². The summed E-state index contributed by atoms with van der Waals surface area (Å²) in [6.45, 7) is 1.75. The minimum atomic E-state index is -4.68. The lowest BCUT2D eigenvalue weighted by molar-refractivity contribution is -0.137. The van der Waals surface area contributed by atoms with Gasteiger partial charge in [-0.25, -0.2) is 4.98 Å². The van der Waals surface area contributed by atoms with Gasteiger partial charge in [0.05, 0.1) is 23.5 Å². The topological polar surface area (TPSA) is 66.5 Å². The summed E-state index contributed by atoms with van der Waals surface area (Å²) in [5.41, 5.74) is -1.27. The van der Waals surface area contributed by atoms with Gasteiger partial charge in [0, 0.05) is 11.8 Å². The minimum Gasteiger partial charge on any atom is -0.317 e. The Labute approximate surface area is 141 Å². The molecule has 0 radical (unpaired) electrons. The maximum Gasteiger partial charge on any atom is 0.417 e. The van der Waals surface area contributed by atoms with E-state index in [9.17, 15) is 13.2 Å². The second-order valence-corrected chi connectivity index (χ2v) is 5.88. The van der Waals surface area contributed by atoms with E-state index >= 15 is 0 Å². The summed E-state index contributed by atoms with van der Waals surface area (Å²) < 4.78 is 41.2. The van der Waals surface area contributed by atoms with Crippen LogP contribution in [-0.2, 0) is 6.18 Å². The first-order valence-corrected chi connectivity index (χ1v) is 7.71. The van der Waals surface area contributed by atoms with Gasteiger partial charge in [0.15, 0.2) is 0 Å². The fourth-order valence-electron chi connectivity index (χ4n) is 2.73. The maximum atomic E-state index is 13.1. The number of pyridine rings is 1. The second-order valence-electron chi connectivity index (χ2n) is 5.52. The van der Waals surface area contributed by atoms with Gasteiger partial charge in [-0.15, -0.1) is 0 Å². The number of nitrogens with one attached hydrogen (secondary N) is 1. The van der Waals surface area contributed by atoms with Gasteiger partial charge < -0.3 is 5.32 Å². The molecule has 2 aromatic heterocycles. The standard InChI is InChI=1S/C15H13ClF3N5/c16-14-11(6-20)12(15(17,18)19)5-13(23-14)9-7-22-24(8-9)10-1-3-21-4-2-10/h5,7-8,10,21H,1-4H2. The molecule has 24 heavy (non-hydrogen) atoms. The Kier molecular flexibility index (Phi) is 4.47. The third kappa shape index (κ3) is 3.23. The van der Waals surface area contributed by atoms with Crippen LogP contribution in [0.2, 0.25) is 5.15 Å². The number of halogens is 4. The summed E-state index contributed by atoms with van der Waals surface area (Å²) in [6, 6.07) is 2.51. The largest absolute Gasteiger partial charge is 0.417 e. The molecule has 1 N–H and O–H groups in total. The summed E-state index contributed by atoms with van der Waals surface area (Å²) in [5.74, 6) is 0. The third-order valence-electron chi connectivity index (χ3n) is 3.97. The van der Waals surface area contributed by atoms with Crippen molar-refractivity contribution in [2.75, 3.05) is 13.1 Å². The number of aromatic nitrogens is 3. The quantitative estimate of drug-likeness (QED) is 0.838. The van der Waals surface area contributed by atoms with Crippen molar-refractivity contribution in [2.24, 2.45) is 0 Å². The first-order valence-electron chi connectivity index (χ1n) is 7.33. The van der Waals surface area contributed by atoms with E-state index in [0.29, 0.717) is 5.56 Å². The number of hydrogen-bond acceptors (Lipinski definition) is 4. The number of rotatable bonds is 2. The molecule has 126 valence electrons. The lowest BCUT2D eigenvalue weighted by Gasteiger charge is -2.22. The molecule has 0 aromatic carbocycles. The van der Waals surface area contributed by atoms with Crippen molar-refractivity contribution < 1.29 is 13.2 Å². The molecule has 0 bridgehead atoms. The zero-order valence-corrected chi connectivity index (χ0v) is 13.2. The van der Waals surface area contributed by atoms with Crippen molar-refractivity contribution in [1.29, 1.82) is 5.26 Å². The third-order valence-corrected chi connectivity index (χ3v) is 4.25. The molecule has 9 heteroatoms. The molecule has 1 aliphatic rings. The van der Waals surface area contributed by atoms with Gasteiger partial charge in [-0.05, 0) is 32.0 Å². The van der Waals surface area contributed by atoms with Gasteiger partial charge in [0.2, 0.25) is 0 Å². The number of nitrogens with zero attached hydrogens (tertiary/aromatic N) is 4. The van der Waals surface area contributed by atoms with Crippen LogP contribution in [0, 0.1) is 11.3 Å². The fraction of sp³-hybridized carbons (Fsp3) is 0.400. The first kappa shape index (κ1) is 16.7. The second kappa shape index (κ2) is 6.42. The highest BCUT2D eigenvalue weighted by molar-refractivity contribution is 6.30. The van der Waals surface area contributed by atoms with Gasteiger partial charge in [0.25, 0.3) is 0 Å². The molecule has 0 unspecified atom stereocenters. The van der Waals surface area contributed by atoms with E-state index in [-0.39, 0.29) is 11.7 Å². The van der Waals surface area contributed by atoms with Gasteiger partial charge in [-0.2, -0.15) is 23.5 Å². The number of alkyl halides is 3. The predicted octanol–water partition coefficient (Wildman–Crippen LogP) is 3.41. The van der Waals surface area contributed by atoms with Gasteiger partial charge in [-0.1, -0.05) is 11.6 Å². The molecule has 0 spiro atoms. The fourth-order valence-corrected chi connectivity index (χ4v) is 2.97. The molecule has 1 fully saturated rings. The van der Waals surface area contributed by atoms with Crippen LogP contribution in [0.25, 0.3) is 11.3 Å². The lowest BCUT2D eigenvalue weighted by Crippen LogP contribution is -2.29. The van der Waals surface area contributed by atoms with E-state index in [2.05, 4.69) is 15.4 Å². The molecule has 2 aromatic rings. The van der Waals surface area contributed by atoms with E-state index in [4.69, 9.17) is 16.9 Å². The van der Waals surface area contributed by atoms with Crippen LogP contribution in [0.3, 0.4) is 0 Å². The number of piperidine rings is 1. The Balaban J connectivity index is 2.00. The van der Waals surface area contributed by atoms with E-state index < -0.39 is 22.5 Å². The van der Waals surface area contributed by atoms with Crippen molar-refractivity contribution in [3.05, 3.63) is 34.7 Å². The summed E-state index contributed by atoms with van der Waals surface area (Å²) in [5, 5.41) is 15.9. The molecule has 0 aliphatic carbocycles. The minimum absolute atomic E-state index is 0.0477. The highest BCUT2D eigenvalue weighted by atomic mass is 35.5. The Hall–Kier alpha value is -2.11. The van der Waals surface area contributed by atoms with Crippen molar-refractivity contribution >= 4 is 11.6 Å². The van der Waals surface area contributed by atoms with Crippen LogP contribution in [0.15, 0.2) is 18.5 Å². The molecule has 3 rings (SSSR count). The average Bonchev–Trinajstić information content (AvgIpc) is 3.04. The highest BCUT2D eigenvalue weighted by Crippen LogP contribution is 2.36. The van der Waals surface area contributed by atoms with E-state index in [1.54, 1.807) is 10.9 Å². The lowest BCUT2D eigenvalue weighted by atomic mass is 10.1. The summed E-state index contributed by atoms with van der Waals surface area (Å²) >= 11 is 5.78. The van der Waals surface area contributed by atoms with E-state index in [0.717, 1.165) is 32.0 Å². The van der Waals surface area contributed by atoms with Crippen LogP contribution < -0.4 is 5.32 Å². The zero-order valence-electron chi connectivity index (χ0n) is 12.4. The van der Waals surface area contributed by atoms with Crippen LogP contribution in [-0.4, -0.2) is 27.9 Å². The monoisotopic (exact) mass is 355 g/mol. The summed E-state index contributed by atoms with van der Waals surface area (Å²) in [4.78, 5) is 3.92. The van der Waals surface area contributed by atoms with E-state index in [1.165, 1.54) is 12.3 Å². The van der Waals surface area contributed by atoms with Crippen molar-refractivity contribution in [2.45, 2.75) is 25.1 Å². The smallest absolute Gasteiger partial charge is 0.317 e. The summed E-state index contributed by atoms with van der Waals surface area (Å²) in [6.07, 6.45) is 0.248. The Morgan fingerprint density at radius 3 is 2.67 bits per heavy atom. The molecule has 0 amide bonds. The number of nitriles is 1. The Morgan fingerprint density at radius 1 is 1.33 bits per heavy atom. The van der Waals surface area contributed by atoms with Crippen LogP contribution in [0.4, 0.5) is 13.2 Å². The molecular weight excluding hydrogens is 343 g/mol. The normalized spacial score (nSPS) is 16.1. The Bertz CT molecular complexity index is 787. The molecule has 1 aliphatic heterocycles. The average molecular weight is 356 g/mol. The first-order chi connectivity index (χ1) is 11.4. The van der Waals surface area contributed by atoms with Crippen LogP contribution >= 0.6 is 11.6 Å². The SMILES string of the molecule is N#Cc1c(C(F)(F)F)cc(-c2cnn(C3CCNCC3)c2)nc1Cl. The van der Waals surface area contributed by atoms with Gasteiger partial charge in [-0.3, -0.25) is 4.68 Å². The van der Waals surface area contributed by atoms with Crippen LogP contribution in [0.1, 0.15) is 30.0 Å². The molecule has 1 saturated heterocycles. The Morgan fingerprint density at radius 2 is 2.04 bits per heavy atom. The zero-order chi connectivity index (χ0) is 17.3. The molecule has 3 heterocycles. The molecule has 0 saturated carbocycles. The van der Waals surface area contributed by atoms with E-state index in [1.807, 2.05) is 0 Å². The van der Waals surface area contributed by atoms with Crippen molar-refractivity contribution in [3.8, 4) is 17.3 Å². The van der Waals surface area contributed by atoms with Crippen LogP contribution in [0.5, 0.6) is 0 Å².